The monoisotopic (exact) mass is 257 g/mol. The highest BCUT2D eigenvalue weighted by Crippen LogP contribution is 2.31. The summed E-state index contributed by atoms with van der Waals surface area (Å²) >= 11 is 6.17. The average Bonchev–Trinajstić information content (AvgIpc) is 2.40. The Morgan fingerprint density at radius 3 is 2.67 bits per heavy atom. The van der Waals surface area contributed by atoms with Gasteiger partial charge in [0.2, 0.25) is 0 Å². The third-order valence-electron chi connectivity index (χ3n) is 2.73. The van der Waals surface area contributed by atoms with Gasteiger partial charge in [0.25, 0.3) is 0 Å². The van der Waals surface area contributed by atoms with Gasteiger partial charge in [-0.05, 0) is 23.8 Å². The van der Waals surface area contributed by atoms with Gasteiger partial charge in [-0.2, -0.15) is 5.26 Å². The van der Waals surface area contributed by atoms with E-state index in [9.17, 15) is 0 Å². The molecule has 0 aliphatic rings. The molecule has 0 spiro atoms. The SMILES string of the molecule is COc1ccc(-c2ccccc2Cl)cc1CC#N. The van der Waals surface area contributed by atoms with Gasteiger partial charge < -0.3 is 4.74 Å². The fraction of sp³-hybridized carbons (Fsp3) is 0.133. The van der Waals surface area contributed by atoms with Crippen LogP contribution in [-0.4, -0.2) is 7.11 Å². The largest absolute Gasteiger partial charge is 0.496 e. The predicted molar refractivity (Wildman–Crippen MR) is 72.8 cm³/mol. The molecule has 0 N–H and O–H groups in total. The van der Waals surface area contributed by atoms with Crippen molar-refractivity contribution in [1.29, 1.82) is 5.26 Å². The summed E-state index contributed by atoms with van der Waals surface area (Å²) in [6.07, 6.45) is 0.321. The zero-order valence-electron chi connectivity index (χ0n) is 9.98. The molecule has 0 atom stereocenters. The zero-order chi connectivity index (χ0) is 13.0. The van der Waals surface area contributed by atoms with Crippen molar-refractivity contribution in [2.24, 2.45) is 0 Å². The molecule has 0 radical (unpaired) electrons. The maximum atomic E-state index is 8.82. The van der Waals surface area contributed by atoms with Crippen LogP contribution in [0.1, 0.15) is 5.56 Å². The number of halogens is 1. The summed E-state index contributed by atoms with van der Waals surface area (Å²) in [5, 5.41) is 9.52. The van der Waals surface area contributed by atoms with Crippen LogP contribution in [0, 0.1) is 11.3 Å². The van der Waals surface area contributed by atoms with Crippen molar-refractivity contribution in [3.63, 3.8) is 0 Å². The fourth-order valence-corrected chi connectivity index (χ4v) is 2.11. The first-order valence-corrected chi connectivity index (χ1v) is 5.93. The lowest BCUT2D eigenvalue weighted by Gasteiger charge is -2.09. The van der Waals surface area contributed by atoms with Crippen molar-refractivity contribution in [2.75, 3.05) is 7.11 Å². The summed E-state index contributed by atoms with van der Waals surface area (Å²) in [4.78, 5) is 0. The normalized spacial score (nSPS) is 9.83. The summed E-state index contributed by atoms with van der Waals surface area (Å²) in [7, 11) is 1.60. The third kappa shape index (κ3) is 2.47. The maximum absolute atomic E-state index is 8.82. The summed E-state index contributed by atoms with van der Waals surface area (Å²) < 4.78 is 5.23. The van der Waals surface area contributed by atoms with E-state index in [2.05, 4.69) is 6.07 Å². The topological polar surface area (TPSA) is 33.0 Å². The molecule has 2 rings (SSSR count). The highest BCUT2D eigenvalue weighted by Gasteiger charge is 2.07. The van der Waals surface area contributed by atoms with Gasteiger partial charge in [-0.3, -0.25) is 0 Å². The molecular formula is C15H12ClNO. The molecule has 0 fully saturated rings. The van der Waals surface area contributed by atoms with Gasteiger partial charge in [-0.25, -0.2) is 0 Å². The molecule has 0 aromatic heterocycles. The molecule has 0 unspecified atom stereocenters. The minimum atomic E-state index is 0.321. The highest BCUT2D eigenvalue weighted by atomic mass is 35.5. The first kappa shape index (κ1) is 12.5. The molecule has 0 aliphatic heterocycles. The first-order chi connectivity index (χ1) is 8.76. The molecule has 2 aromatic rings. The second kappa shape index (κ2) is 5.57. The van der Waals surface area contributed by atoms with Crippen LogP contribution in [-0.2, 0) is 6.42 Å². The van der Waals surface area contributed by atoms with E-state index in [0.717, 1.165) is 22.4 Å². The van der Waals surface area contributed by atoms with E-state index in [1.54, 1.807) is 7.11 Å². The molecule has 0 saturated carbocycles. The molecule has 2 aromatic carbocycles. The zero-order valence-corrected chi connectivity index (χ0v) is 10.7. The van der Waals surface area contributed by atoms with Crippen LogP contribution in [0.5, 0.6) is 5.75 Å². The van der Waals surface area contributed by atoms with E-state index < -0.39 is 0 Å². The number of hydrogen-bond acceptors (Lipinski definition) is 2. The molecule has 2 nitrogen and oxygen atoms in total. The number of ether oxygens (including phenoxy) is 1. The number of benzene rings is 2. The van der Waals surface area contributed by atoms with Gasteiger partial charge in [-0.1, -0.05) is 35.9 Å². The fourth-order valence-electron chi connectivity index (χ4n) is 1.86. The van der Waals surface area contributed by atoms with E-state index in [0.29, 0.717) is 11.4 Å². The second-order valence-corrected chi connectivity index (χ2v) is 4.25. The van der Waals surface area contributed by atoms with Gasteiger partial charge in [0.1, 0.15) is 5.75 Å². The first-order valence-electron chi connectivity index (χ1n) is 5.55. The Bertz CT molecular complexity index is 602. The summed E-state index contributed by atoms with van der Waals surface area (Å²) in [5.74, 6) is 0.729. The Hall–Kier alpha value is -1.98. The van der Waals surface area contributed by atoms with Crippen LogP contribution in [0.4, 0.5) is 0 Å². The second-order valence-electron chi connectivity index (χ2n) is 3.84. The van der Waals surface area contributed by atoms with E-state index in [4.69, 9.17) is 21.6 Å². The quantitative estimate of drug-likeness (QED) is 0.830. The minimum Gasteiger partial charge on any atom is -0.496 e. The standard InChI is InChI=1S/C15H12ClNO/c1-18-15-7-6-11(10-12(15)8-9-17)13-4-2-3-5-14(13)16/h2-7,10H,8H2,1H3. The van der Waals surface area contributed by atoms with Crippen LogP contribution in [0.2, 0.25) is 5.02 Å². The van der Waals surface area contributed by atoms with E-state index in [-0.39, 0.29) is 0 Å². The van der Waals surface area contributed by atoms with Crippen LogP contribution in [0.15, 0.2) is 42.5 Å². The van der Waals surface area contributed by atoms with Gasteiger partial charge in [0, 0.05) is 16.1 Å². The molecule has 0 bridgehead atoms. The molecule has 18 heavy (non-hydrogen) atoms. The Morgan fingerprint density at radius 1 is 1.22 bits per heavy atom. The number of hydrogen-bond donors (Lipinski definition) is 0. The molecule has 0 amide bonds. The van der Waals surface area contributed by atoms with E-state index in [1.807, 2.05) is 42.5 Å². The summed E-state index contributed by atoms with van der Waals surface area (Å²) in [6, 6.07) is 15.5. The smallest absolute Gasteiger partial charge is 0.123 e. The van der Waals surface area contributed by atoms with Crippen molar-refractivity contribution < 1.29 is 4.74 Å². The molecular weight excluding hydrogens is 246 g/mol. The van der Waals surface area contributed by atoms with Gasteiger partial charge in [-0.15, -0.1) is 0 Å². The predicted octanol–water partition coefficient (Wildman–Crippen LogP) is 4.08. The number of nitrogens with zero attached hydrogens (tertiary/aromatic N) is 1. The van der Waals surface area contributed by atoms with Gasteiger partial charge in [0.05, 0.1) is 19.6 Å². The molecule has 0 aliphatic carbocycles. The molecule has 0 saturated heterocycles. The van der Waals surface area contributed by atoms with Crippen LogP contribution in [0.3, 0.4) is 0 Å². The van der Waals surface area contributed by atoms with Crippen molar-refractivity contribution in [3.8, 4) is 22.9 Å². The van der Waals surface area contributed by atoms with Gasteiger partial charge >= 0.3 is 0 Å². The lowest BCUT2D eigenvalue weighted by molar-refractivity contribution is 0.411. The average molecular weight is 258 g/mol. The Labute approximate surface area is 111 Å². The van der Waals surface area contributed by atoms with Crippen LogP contribution < -0.4 is 4.74 Å². The van der Waals surface area contributed by atoms with Gasteiger partial charge in [0.15, 0.2) is 0 Å². The Balaban J connectivity index is 2.51. The molecule has 3 heteroatoms. The molecule has 90 valence electrons. The lowest BCUT2D eigenvalue weighted by Crippen LogP contribution is -1.92. The van der Waals surface area contributed by atoms with Crippen LogP contribution in [0.25, 0.3) is 11.1 Å². The summed E-state index contributed by atoms with van der Waals surface area (Å²) in [6.45, 7) is 0. The third-order valence-corrected chi connectivity index (χ3v) is 3.06. The van der Waals surface area contributed by atoms with Crippen molar-refractivity contribution in [3.05, 3.63) is 53.1 Å². The van der Waals surface area contributed by atoms with Crippen molar-refractivity contribution in [1.82, 2.24) is 0 Å². The summed E-state index contributed by atoms with van der Waals surface area (Å²) in [5.41, 5.74) is 2.82. The number of rotatable bonds is 3. The van der Waals surface area contributed by atoms with Crippen molar-refractivity contribution in [2.45, 2.75) is 6.42 Å². The highest BCUT2D eigenvalue weighted by molar-refractivity contribution is 6.33. The number of nitriles is 1. The number of methoxy groups -OCH3 is 1. The maximum Gasteiger partial charge on any atom is 0.123 e. The minimum absolute atomic E-state index is 0.321. The van der Waals surface area contributed by atoms with E-state index >= 15 is 0 Å². The Morgan fingerprint density at radius 2 is 2.00 bits per heavy atom. The Kier molecular flexibility index (Phi) is 3.86. The van der Waals surface area contributed by atoms with Crippen molar-refractivity contribution >= 4 is 11.6 Å². The van der Waals surface area contributed by atoms with E-state index in [1.165, 1.54) is 0 Å². The lowest BCUT2D eigenvalue weighted by atomic mass is 10.0. The molecule has 0 heterocycles. The van der Waals surface area contributed by atoms with Crippen LogP contribution >= 0.6 is 11.6 Å².